The average molecular weight is 429 g/mol. The van der Waals surface area contributed by atoms with Gasteiger partial charge in [0, 0.05) is 28.4 Å². The maximum absolute atomic E-state index is 13.3. The Balaban J connectivity index is 1.59. The molecule has 0 unspecified atom stereocenters. The normalized spacial score (nSPS) is 10.7. The van der Waals surface area contributed by atoms with Gasteiger partial charge in [-0.1, -0.05) is 19.1 Å². The number of nitrogens with one attached hydrogen (secondary N) is 2. The minimum atomic E-state index is -0.331. The van der Waals surface area contributed by atoms with Crippen LogP contribution in [0.3, 0.4) is 0 Å². The highest BCUT2D eigenvalue weighted by molar-refractivity contribution is 6.01. The fourth-order valence-corrected chi connectivity index (χ4v) is 3.43. The Labute approximate surface area is 186 Å². The quantitative estimate of drug-likeness (QED) is 0.361. The first-order valence-corrected chi connectivity index (χ1v) is 10.6. The molecule has 0 bridgehead atoms. The highest BCUT2D eigenvalue weighted by atomic mass is 19.1. The number of aryl methyl sites for hydroxylation is 1. The van der Waals surface area contributed by atoms with E-state index >= 15 is 0 Å². The van der Waals surface area contributed by atoms with Crippen molar-refractivity contribution in [1.29, 1.82) is 0 Å². The number of benzene rings is 3. The van der Waals surface area contributed by atoms with Crippen LogP contribution >= 0.6 is 0 Å². The van der Waals surface area contributed by atoms with Gasteiger partial charge in [-0.3, -0.25) is 0 Å². The fraction of sp³-hybridized carbons (Fsp3) is 0.154. The van der Waals surface area contributed by atoms with Gasteiger partial charge in [0.05, 0.1) is 17.8 Å². The molecular weight excluding hydrogens is 405 g/mol. The zero-order valence-electron chi connectivity index (χ0n) is 18.0. The second-order valence-corrected chi connectivity index (χ2v) is 7.31. The standard InChI is InChI=1S/C26H24FN3O2/c1-3-17-5-11-20(12-6-17)28-26(31)29-21-13-14-23-22(15-21)25(32-4-2)16-24(30-23)18-7-9-19(27)10-8-18/h5-16H,3-4H2,1-2H3,(H2,28,29,31). The van der Waals surface area contributed by atoms with Crippen molar-refractivity contribution in [3.8, 4) is 17.0 Å². The zero-order valence-corrected chi connectivity index (χ0v) is 18.0. The van der Waals surface area contributed by atoms with Crippen molar-refractivity contribution >= 4 is 28.3 Å². The van der Waals surface area contributed by atoms with Crippen LogP contribution in [0.4, 0.5) is 20.6 Å². The lowest BCUT2D eigenvalue weighted by Gasteiger charge is -2.13. The van der Waals surface area contributed by atoms with Gasteiger partial charge in [0.1, 0.15) is 11.6 Å². The van der Waals surface area contributed by atoms with Crippen molar-refractivity contribution in [1.82, 2.24) is 4.98 Å². The Kier molecular flexibility index (Phi) is 6.31. The number of pyridine rings is 1. The summed E-state index contributed by atoms with van der Waals surface area (Å²) in [5, 5.41) is 6.48. The molecule has 0 fully saturated rings. The van der Waals surface area contributed by atoms with Crippen LogP contribution in [-0.4, -0.2) is 17.6 Å². The highest BCUT2D eigenvalue weighted by Gasteiger charge is 2.11. The summed E-state index contributed by atoms with van der Waals surface area (Å²) < 4.78 is 19.1. The summed E-state index contributed by atoms with van der Waals surface area (Å²) >= 11 is 0. The Morgan fingerprint density at radius 3 is 2.28 bits per heavy atom. The molecule has 1 heterocycles. The van der Waals surface area contributed by atoms with Crippen LogP contribution in [0.25, 0.3) is 22.2 Å². The minimum Gasteiger partial charge on any atom is -0.493 e. The summed E-state index contributed by atoms with van der Waals surface area (Å²) in [6.07, 6.45) is 0.947. The van der Waals surface area contributed by atoms with Crippen molar-refractivity contribution in [3.05, 3.63) is 84.2 Å². The van der Waals surface area contributed by atoms with E-state index in [1.807, 2.05) is 49.4 Å². The number of hydrogen-bond acceptors (Lipinski definition) is 3. The van der Waals surface area contributed by atoms with Crippen molar-refractivity contribution in [2.45, 2.75) is 20.3 Å². The first-order chi connectivity index (χ1) is 15.6. The lowest BCUT2D eigenvalue weighted by Crippen LogP contribution is -2.19. The number of urea groups is 1. The molecule has 0 aliphatic carbocycles. The molecule has 0 saturated heterocycles. The summed E-state index contributed by atoms with van der Waals surface area (Å²) in [7, 11) is 0. The molecule has 6 heteroatoms. The van der Waals surface area contributed by atoms with E-state index < -0.39 is 0 Å². The van der Waals surface area contributed by atoms with Gasteiger partial charge in [-0.05, 0) is 73.5 Å². The first-order valence-electron chi connectivity index (χ1n) is 10.6. The lowest BCUT2D eigenvalue weighted by atomic mass is 10.1. The molecular formula is C26H24FN3O2. The first kappa shape index (κ1) is 21.3. The monoisotopic (exact) mass is 429 g/mol. The molecule has 4 aromatic rings. The third-order valence-electron chi connectivity index (χ3n) is 5.09. The number of amides is 2. The summed E-state index contributed by atoms with van der Waals surface area (Å²) in [4.78, 5) is 17.1. The van der Waals surface area contributed by atoms with E-state index in [1.165, 1.54) is 17.7 Å². The topological polar surface area (TPSA) is 63.2 Å². The van der Waals surface area contributed by atoms with Crippen LogP contribution in [0.15, 0.2) is 72.8 Å². The molecule has 1 aromatic heterocycles. The smallest absolute Gasteiger partial charge is 0.323 e. The Bertz CT molecular complexity index is 1240. The number of anilines is 2. The molecule has 4 rings (SSSR count). The van der Waals surface area contributed by atoms with Crippen LogP contribution in [0.2, 0.25) is 0 Å². The van der Waals surface area contributed by atoms with Crippen molar-refractivity contribution < 1.29 is 13.9 Å². The predicted molar refractivity (Wildman–Crippen MR) is 127 cm³/mol. The second kappa shape index (κ2) is 9.47. The van der Waals surface area contributed by atoms with E-state index in [-0.39, 0.29) is 11.8 Å². The van der Waals surface area contributed by atoms with Gasteiger partial charge in [0.25, 0.3) is 0 Å². The third-order valence-corrected chi connectivity index (χ3v) is 5.09. The van der Waals surface area contributed by atoms with E-state index in [2.05, 4.69) is 17.6 Å². The number of nitrogens with zero attached hydrogens (tertiary/aromatic N) is 1. The van der Waals surface area contributed by atoms with Crippen LogP contribution in [-0.2, 0) is 6.42 Å². The second-order valence-electron chi connectivity index (χ2n) is 7.31. The van der Waals surface area contributed by atoms with Crippen LogP contribution in [0.5, 0.6) is 5.75 Å². The van der Waals surface area contributed by atoms with Gasteiger partial charge >= 0.3 is 6.03 Å². The van der Waals surface area contributed by atoms with E-state index in [4.69, 9.17) is 9.72 Å². The van der Waals surface area contributed by atoms with E-state index in [0.717, 1.165) is 28.6 Å². The Hall–Kier alpha value is -3.93. The van der Waals surface area contributed by atoms with E-state index in [0.29, 0.717) is 23.7 Å². The Morgan fingerprint density at radius 2 is 1.59 bits per heavy atom. The molecule has 0 radical (unpaired) electrons. The summed E-state index contributed by atoms with van der Waals surface area (Å²) in [6, 6.07) is 20.9. The fourth-order valence-electron chi connectivity index (χ4n) is 3.43. The SMILES string of the molecule is CCOc1cc(-c2ccc(F)cc2)nc2ccc(NC(=O)Nc3ccc(CC)cc3)cc12. The molecule has 0 aliphatic rings. The predicted octanol–water partition coefficient (Wildman–Crippen LogP) is 6.65. The van der Waals surface area contributed by atoms with Gasteiger partial charge in [0.2, 0.25) is 0 Å². The molecule has 162 valence electrons. The lowest BCUT2D eigenvalue weighted by molar-refractivity contribution is 0.262. The van der Waals surface area contributed by atoms with Crippen LogP contribution < -0.4 is 15.4 Å². The summed E-state index contributed by atoms with van der Waals surface area (Å²) in [5.41, 5.74) is 4.76. The Morgan fingerprint density at radius 1 is 0.906 bits per heavy atom. The number of halogens is 1. The molecule has 0 aliphatic heterocycles. The summed E-state index contributed by atoms with van der Waals surface area (Å²) in [6.45, 7) is 4.47. The number of ether oxygens (including phenoxy) is 1. The van der Waals surface area contributed by atoms with E-state index in [9.17, 15) is 9.18 Å². The zero-order chi connectivity index (χ0) is 22.5. The van der Waals surface area contributed by atoms with Crippen molar-refractivity contribution in [2.75, 3.05) is 17.2 Å². The molecule has 5 nitrogen and oxygen atoms in total. The molecule has 2 N–H and O–H groups in total. The van der Waals surface area contributed by atoms with Crippen molar-refractivity contribution in [2.24, 2.45) is 0 Å². The van der Waals surface area contributed by atoms with Gasteiger partial charge in [-0.2, -0.15) is 0 Å². The number of fused-ring (bicyclic) bond motifs is 1. The maximum Gasteiger partial charge on any atom is 0.323 e. The van der Waals surface area contributed by atoms with Crippen LogP contribution in [0.1, 0.15) is 19.4 Å². The number of rotatable bonds is 6. The van der Waals surface area contributed by atoms with Gasteiger partial charge in [-0.25, -0.2) is 14.2 Å². The van der Waals surface area contributed by atoms with Gasteiger partial charge in [-0.15, -0.1) is 0 Å². The number of aromatic nitrogens is 1. The third kappa shape index (κ3) is 4.86. The van der Waals surface area contributed by atoms with Gasteiger partial charge in [0.15, 0.2) is 0 Å². The van der Waals surface area contributed by atoms with E-state index in [1.54, 1.807) is 18.2 Å². The highest BCUT2D eigenvalue weighted by Crippen LogP contribution is 2.32. The minimum absolute atomic E-state index is 0.296. The molecule has 0 atom stereocenters. The number of carbonyl (C=O) groups excluding carboxylic acids is 1. The maximum atomic E-state index is 13.3. The summed E-state index contributed by atoms with van der Waals surface area (Å²) in [5.74, 6) is 0.353. The molecule has 0 saturated carbocycles. The number of carbonyl (C=O) groups is 1. The molecule has 32 heavy (non-hydrogen) atoms. The molecule has 0 spiro atoms. The average Bonchev–Trinajstić information content (AvgIpc) is 2.80. The van der Waals surface area contributed by atoms with Gasteiger partial charge < -0.3 is 15.4 Å². The number of hydrogen-bond donors (Lipinski definition) is 2. The van der Waals surface area contributed by atoms with Crippen molar-refractivity contribution in [3.63, 3.8) is 0 Å². The van der Waals surface area contributed by atoms with Crippen LogP contribution in [0, 0.1) is 5.82 Å². The molecule has 3 aromatic carbocycles. The largest absolute Gasteiger partial charge is 0.493 e. The molecule has 2 amide bonds.